The number of amides is 1. The third-order valence-corrected chi connectivity index (χ3v) is 3.52. The first-order valence-corrected chi connectivity index (χ1v) is 6.97. The van der Waals surface area contributed by atoms with Crippen LogP contribution in [0, 0.1) is 18.2 Å². The van der Waals surface area contributed by atoms with Crippen LogP contribution in [0.1, 0.15) is 49.0 Å². The van der Waals surface area contributed by atoms with E-state index in [2.05, 4.69) is 5.32 Å². The monoisotopic (exact) mass is 295 g/mol. The Balaban J connectivity index is 2.46. The van der Waals surface area contributed by atoms with Gasteiger partial charge >= 0.3 is 5.97 Å². The number of aryl methyl sites for hydroxylation is 1. The minimum Gasteiger partial charge on any atom is -0.481 e. The van der Waals surface area contributed by atoms with Crippen molar-refractivity contribution in [2.45, 2.75) is 40.0 Å². The number of carboxylic acid groups (broad SMARTS) is 1. The maximum absolute atomic E-state index is 13.1. The molecule has 0 aliphatic rings. The van der Waals surface area contributed by atoms with Gasteiger partial charge in [-0.2, -0.15) is 0 Å². The zero-order valence-electron chi connectivity index (χ0n) is 12.7. The fourth-order valence-electron chi connectivity index (χ4n) is 1.97. The van der Waals surface area contributed by atoms with Crippen molar-refractivity contribution < 1.29 is 19.1 Å². The Morgan fingerprint density at radius 3 is 2.52 bits per heavy atom. The summed E-state index contributed by atoms with van der Waals surface area (Å²) in [6.45, 7) is 6.03. The first-order valence-electron chi connectivity index (χ1n) is 6.97. The number of carbonyl (C=O) groups excluding carboxylic acids is 1. The van der Waals surface area contributed by atoms with Gasteiger partial charge in [0.15, 0.2) is 0 Å². The molecule has 0 fully saturated rings. The summed E-state index contributed by atoms with van der Waals surface area (Å²) in [5, 5.41) is 11.5. The number of aliphatic carboxylic acids is 1. The van der Waals surface area contributed by atoms with E-state index in [-0.39, 0.29) is 23.6 Å². The van der Waals surface area contributed by atoms with E-state index in [1.54, 1.807) is 6.92 Å². The highest BCUT2D eigenvalue weighted by Gasteiger charge is 2.19. The number of hydrogen-bond donors (Lipinski definition) is 2. The van der Waals surface area contributed by atoms with E-state index in [1.807, 2.05) is 13.8 Å². The lowest BCUT2D eigenvalue weighted by Gasteiger charge is -2.23. The van der Waals surface area contributed by atoms with Gasteiger partial charge in [0.05, 0.1) is 0 Å². The molecular weight excluding hydrogens is 273 g/mol. The molecule has 0 unspecified atom stereocenters. The van der Waals surface area contributed by atoms with Crippen LogP contribution in [-0.2, 0) is 4.79 Å². The molecular formula is C16H22FNO3. The number of rotatable bonds is 7. The van der Waals surface area contributed by atoms with Crippen molar-refractivity contribution in [1.82, 2.24) is 5.32 Å². The molecule has 0 aromatic heterocycles. The second kappa shape index (κ2) is 7.20. The highest BCUT2D eigenvalue weighted by atomic mass is 19.1. The lowest BCUT2D eigenvalue weighted by Crippen LogP contribution is -2.28. The lowest BCUT2D eigenvalue weighted by molar-refractivity contribution is -0.137. The largest absolute Gasteiger partial charge is 0.481 e. The van der Waals surface area contributed by atoms with Gasteiger partial charge < -0.3 is 10.4 Å². The number of halogens is 1. The maximum Gasteiger partial charge on any atom is 0.303 e. The molecule has 1 aromatic rings. The molecule has 0 bridgehead atoms. The van der Waals surface area contributed by atoms with Crippen LogP contribution in [0.5, 0.6) is 0 Å². The summed E-state index contributed by atoms with van der Waals surface area (Å²) in [6.07, 6.45) is 1.37. The summed E-state index contributed by atoms with van der Waals surface area (Å²) < 4.78 is 13.1. The van der Waals surface area contributed by atoms with Crippen LogP contribution in [0.3, 0.4) is 0 Å². The minimum atomic E-state index is -0.811. The van der Waals surface area contributed by atoms with Gasteiger partial charge in [-0.25, -0.2) is 4.39 Å². The highest BCUT2D eigenvalue weighted by molar-refractivity contribution is 5.94. The molecule has 2 N–H and O–H groups in total. The van der Waals surface area contributed by atoms with Crippen molar-refractivity contribution in [2.24, 2.45) is 5.41 Å². The van der Waals surface area contributed by atoms with E-state index >= 15 is 0 Å². The van der Waals surface area contributed by atoms with E-state index in [0.717, 1.165) is 0 Å². The summed E-state index contributed by atoms with van der Waals surface area (Å²) in [7, 11) is 0. The lowest BCUT2D eigenvalue weighted by atomic mass is 9.84. The molecule has 0 aliphatic heterocycles. The Hall–Kier alpha value is -1.91. The molecule has 1 rings (SSSR count). The molecule has 4 nitrogen and oxygen atoms in total. The van der Waals surface area contributed by atoms with Crippen LogP contribution < -0.4 is 5.32 Å². The third kappa shape index (κ3) is 5.94. The first-order chi connectivity index (χ1) is 9.71. The molecule has 1 amide bonds. The number of hydrogen-bond acceptors (Lipinski definition) is 2. The SMILES string of the molecule is Cc1cc(C(=O)NCCC(C)(C)CCC(=O)O)ccc1F. The Kier molecular flexibility index (Phi) is 5.88. The number of nitrogens with one attached hydrogen (secondary N) is 1. The molecule has 0 saturated heterocycles. The van der Waals surface area contributed by atoms with Crippen molar-refractivity contribution >= 4 is 11.9 Å². The van der Waals surface area contributed by atoms with Crippen LogP contribution in [0.2, 0.25) is 0 Å². The van der Waals surface area contributed by atoms with Gasteiger partial charge in [-0.3, -0.25) is 9.59 Å². The topological polar surface area (TPSA) is 66.4 Å². The van der Waals surface area contributed by atoms with Gasteiger partial charge in [0, 0.05) is 18.5 Å². The Morgan fingerprint density at radius 2 is 1.95 bits per heavy atom. The van der Waals surface area contributed by atoms with Crippen molar-refractivity contribution in [3.8, 4) is 0 Å². The number of carboxylic acids is 1. The Morgan fingerprint density at radius 1 is 1.29 bits per heavy atom. The summed E-state index contributed by atoms with van der Waals surface area (Å²) >= 11 is 0. The fraction of sp³-hybridized carbons (Fsp3) is 0.500. The van der Waals surface area contributed by atoms with E-state index in [9.17, 15) is 14.0 Å². The van der Waals surface area contributed by atoms with Crippen LogP contribution in [0.15, 0.2) is 18.2 Å². The van der Waals surface area contributed by atoms with Crippen molar-refractivity contribution in [3.63, 3.8) is 0 Å². The fourth-order valence-corrected chi connectivity index (χ4v) is 1.97. The average molecular weight is 295 g/mol. The zero-order chi connectivity index (χ0) is 16.0. The molecule has 1 aromatic carbocycles. The van der Waals surface area contributed by atoms with Gasteiger partial charge in [0.2, 0.25) is 0 Å². The summed E-state index contributed by atoms with van der Waals surface area (Å²) in [5.74, 6) is -1.39. The normalized spacial score (nSPS) is 11.2. The zero-order valence-corrected chi connectivity index (χ0v) is 12.7. The van der Waals surface area contributed by atoms with E-state index < -0.39 is 5.97 Å². The predicted molar refractivity (Wildman–Crippen MR) is 78.7 cm³/mol. The van der Waals surface area contributed by atoms with Gasteiger partial charge in [-0.05, 0) is 48.9 Å². The average Bonchev–Trinajstić information content (AvgIpc) is 2.39. The summed E-state index contributed by atoms with van der Waals surface area (Å²) in [6, 6.07) is 4.24. The molecule has 0 atom stereocenters. The van der Waals surface area contributed by atoms with Crippen molar-refractivity contribution in [1.29, 1.82) is 0 Å². The highest BCUT2D eigenvalue weighted by Crippen LogP contribution is 2.26. The molecule has 0 saturated carbocycles. The van der Waals surface area contributed by atoms with Gasteiger partial charge in [-0.15, -0.1) is 0 Å². The Bertz CT molecular complexity index is 526. The second-order valence-electron chi connectivity index (χ2n) is 6.03. The van der Waals surface area contributed by atoms with Crippen LogP contribution in [0.4, 0.5) is 4.39 Å². The number of benzene rings is 1. The molecule has 0 heterocycles. The molecule has 0 aliphatic carbocycles. The van der Waals surface area contributed by atoms with Crippen LogP contribution in [-0.4, -0.2) is 23.5 Å². The van der Waals surface area contributed by atoms with Crippen molar-refractivity contribution in [2.75, 3.05) is 6.54 Å². The van der Waals surface area contributed by atoms with E-state index in [0.29, 0.717) is 30.5 Å². The standard InChI is InChI=1S/C16H22FNO3/c1-11-10-12(4-5-13(11)17)15(21)18-9-8-16(2,3)7-6-14(19)20/h4-5,10H,6-9H2,1-3H3,(H,18,21)(H,19,20). The van der Waals surface area contributed by atoms with E-state index in [4.69, 9.17) is 5.11 Å². The van der Waals surface area contributed by atoms with Gasteiger partial charge in [0.1, 0.15) is 5.82 Å². The van der Waals surface area contributed by atoms with Crippen LogP contribution >= 0.6 is 0 Å². The quantitative estimate of drug-likeness (QED) is 0.812. The summed E-state index contributed by atoms with van der Waals surface area (Å²) in [4.78, 5) is 22.5. The molecule has 0 radical (unpaired) electrons. The van der Waals surface area contributed by atoms with Gasteiger partial charge in [0.25, 0.3) is 5.91 Å². The third-order valence-electron chi connectivity index (χ3n) is 3.52. The second-order valence-corrected chi connectivity index (χ2v) is 6.03. The minimum absolute atomic E-state index is 0.123. The van der Waals surface area contributed by atoms with Gasteiger partial charge in [-0.1, -0.05) is 13.8 Å². The predicted octanol–water partition coefficient (Wildman–Crippen LogP) is 3.15. The molecule has 0 spiro atoms. The van der Waals surface area contributed by atoms with E-state index in [1.165, 1.54) is 18.2 Å². The maximum atomic E-state index is 13.1. The van der Waals surface area contributed by atoms with Crippen LogP contribution in [0.25, 0.3) is 0 Å². The first kappa shape index (κ1) is 17.1. The number of carbonyl (C=O) groups is 2. The smallest absolute Gasteiger partial charge is 0.303 e. The van der Waals surface area contributed by atoms with Crippen molar-refractivity contribution in [3.05, 3.63) is 35.1 Å². The molecule has 5 heteroatoms. The Labute approximate surface area is 124 Å². The summed E-state index contributed by atoms with van der Waals surface area (Å²) in [5.41, 5.74) is 0.714. The molecule has 116 valence electrons. The molecule has 21 heavy (non-hydrogen) atoms.